The largest absolute Gasteiger partial charge is 0.365 e. The smallest absolute Gasteiger partial charge is 0.251 e. The summed E-state index contributed by atoms with van der Waals surface area (Å²) < 4.78 is 2.12. The summed E-state index contributed by atoms with van der Waals surface area (Å²) in [6.45, 7) is 1.24. The monoisotopic (exact) mass is 386 g/mol. The van der Waals surface area contributed by atoms with Gasteiger partial charge in [-0.3, -0.25) is 14.5 Å². The van der Waals surface area contributed by atoms with Crippen LogP contribution in [0.3, 0.4) is 0 Å². The Morgan fingerprint density at radius 1 is 1.30 bits per heavy atom. The first-order valence-electron chi connectivity index (χ1n) is 9.64. The molecule has 2 amide bonds. The van der Waals surface area contributed by atoms with E-state index in [2.05, 4.69) is 20.9 Å². The number of anilines is 1. The Morgan fingerprint density at radius 3 is 2.85 bits per heavy atom. The topological polar surface area (TPSA) is 80.4 Å². The van der Waals surface area contributed by atoms with Crippen LogP contribution in [0.2, 0.25) is 0 Å². The highest BCUT2D eigenvalue weighted by Crippen LogP contribution is 2.38. The van der Waals surface area contributed by atoms with Crippen molar-refractivity contribution in [2.45, 2.75) is 44.6 Å². The van der Waals surface area contributed by atoms with Gasteiger partial charge in [0.1, 0.15) is 5.00 Å². The molecule has 1 fully saturated rings. The zero-order chi connectivity index (χ0) is 19.0. The number of primary amides is 1. The third-order valence-electron chi connectivity index (χ3n) is 5.71. The van der Waals surface area contributed by atoms with Crippen molar-refractivity contribution in [2.24, 2.45) is 12.8 Å². The van der Waals surface area contributed by atoms with Crippen molar-refractivity contribution in [3.05, 3.63) is 40.0 Å². The first-order chi connectivity index (χ1) is 13.0. The van der Waals surface area contributed by atoms with Crippen LogP contribution < -0.4 is 11.1 Å². The number of aromatic nitrogens is 1. The lowest BCUT2D eigenvalue weighted by molar-refractivity contribution is -0.117. The Bertz CT molecular complexity index is 869. The van der Waals surface area contributed by atoms with E-state index in [0.29, 0.717) is 17.1 Å². The molecule has 1 saturated heterocycles. The summed E-state index contributed by atoms with van der Waals surface area (Å²) in [7, 11) is 2.04. The number of nitrogens with one attached hydrogen (secondary N) is 1. The van der Waals surface area contributed by atoms with E-state index >= 15 is 0 Å². The van der Waals surface area contributed by atoms with E-state index in [1.165, 1.54) is 21.9 Å². The van der Waals surface area contributed by atoms with Gasteiger partial charge in [-0.25, -0.2) is 0 Å². The fourth-order valence-corrected chi connectivity index (χ4v) is 5.75. The molecule has 2 aromatic heterocycles. The standard InChI is InChI=1S/C20H26N4O2S/c1-23-10-4-7-14(23)15-8-5-11-24(15)12-17(25)22-20-18(19(21)26)13-6-2-3-9-16(13)27-20/h4,7,10,15H,2-3,5-6,8-9,11-12H2,1H3,(H2,21,26)(H,22,25). The number of carbonyl (C=O) groups excluding carboxylic acids is 2. The normalized spacial score (nSPS) is 19.8. The zero-order valence-electron chi connectivity index (χ0n) is 15.7. The van der Waals surface area contributed by atoms with Gasteiger partial charge in [0.05, 0.1) is 18.2 Å². The van der Waals surface area contributed by atoms with Crippen molar-refractivity contribution in [1.29, 1.82) is 0 Å². The number of aryl methyl sites for hydroxylation is 2. The van der Waals surface area contributed by atoms with Gasteiger partial charge in [0.2, 0.25) is 5.91 Å². The Kier molecular flexibility index (Phi) is 5.06. The summed E-state index contributed by atoms with van der Waals surface area (Å²) >= 11 is 1.52. The van der Waals surface area contributed by atoms with Gasteiger partial charge in [0, 0.05) is 23.8 Å². The maximum atomic E-state index is 12.8. The number of amides is 2. The first kappa shape index (κ1) is 18.3. The molecule has 1 atom stereocenters. The van der Waals surface area contributed by atoms with Gasteiger partial charge in [-0.1, -0.05) is 0 Å². The average molecular weight is 387 g/mol. The lowest BCUT2D eigenvalue weighted by atomic mass is 9.95. The van der Waals surface area contributed by atoms with E-state index in [9.17, 15) is 9.59 Å². The minimum atomic E-state index is -0.437. The van der Waals surface area contributed by atoms with Crippen molar-refractivity contribution in [2.75, 3.05) is 18.4 Å². The number of hydrogen-bond donors (Lipinski definition) is 2. The van der Waals surface area contributed by atoms with Crippen LogP contribution in [0.25, 0.3) is 0 Å². The number of fused-ring (bicyclic) bond motifs is 1. The molecule has 1 aliphatic carbocycles. The van der Waals surface area contributed by atoms with Crippen LogP contribution in [0.1, 0.15) is 58.2 Å². The highest BCUT2D eigenvalue weighted by molar-refractivity contribution is 7.17. The van der Waals surface area contributed by atoms with E-state index in [1.807, 2.05) is 19.3 Å². The van der Waals surface area contributed by atoms with Gasteiger partial charge >= 0.3 is 0 Å². The van der Waals surface area contributed by atoms with Gasteiger partial charge in [0.25, 0.3) is 5.91 Å². The second-order valence-corrected chi connectivity index (χ2v) is 8.61. The predicted molar refractivity (Wildman–Crippen MR) is 107 cm³/mol. The number of thiophene rings is 1. The van der Waals surface area contributed by atoms with E-state index in [1.54, 1.807) is 0 Å². The fraction of sp³-hybridized carbons (Fsp3) is 0.500. The Balaban J connectivity index is 1.49. The van der Waals surface area contributed by atoms with E-state index in [4.69, 9.17) is 5.73 Å². The van der Waals surface area contributed by atoms with Crippen LogP contribution in [0.15, 0.2) is 18.3 Å². The molecule has 2 aliphatic rings. The van der Waals surface area contributed by atoms with Crippen LogP contribution in [0.5, 0.6) is 0 Å². The molecular weight excluding hydrogens is 360 g/mol. The molecule has 1 aliphatic heterocycles. The minimum absolute atomic E-state index is 0.0720. The maximum Gasteiger partial charge on any atom is 0.251 e. The maximum absolute atomic E-state index is 12.8. The molecule has 3 heterocycles. The molecule has 4 rings (SSSR count). The molecule has 0 bridgehead atoms. The fourth-order valence-electron chi connectivity index (χ4n) is 4.44. The van der Waals surface area contributed by atoms with Crippen LogP contribution >= 0.6 is 11.3 Å². The molecule has 3 N–H and O–H groups in total. The van der Waals surface area contributed by atoms with Gasteiger partial charge in [0.15, 0.2) is 0 Å². The number of hydrogen-bond acceptors (Lipinski definition) is 4. The van der Waals surface area contributed by atoms with E-state index in [0.717, 1.165) is 50.6 Å². The molecule has 0 radical (unpaired) electrons. The second-order valence-electron chi connectivity index (χ2n) is 7.50. The van der Waals surface area contributed by atoms with Crippen molar-refractivity contribution in [3.63, 3.8) is 0 Å². The van der Waals surface area contributed by atoms with E-state index < -0.39 is 5.91 Å². The molecule has 7 heteroatoms. The zero-order valence-corrected chi connectivity index (χ0v) is 16.5. The average Bonchev–Trinajstić information content (AvgIpc) is 3.32. The van der Waals surface area contributed by atoms with Gasteiger partial charge in [-0.2, -0.15) is 0 Å². The predicted octanol–water partition coefficient (Wildman–Crippen LogP) is 2.84. The Labute approximate surface area is 163 Å². The third-order valence-corrected chi connectivity index (χ3v) is 6.91. The van der Waals surface area contributed by atoms with Crippen LogP contribution in [-0.2, 0) is 24.7 Å². The molecule has 0 aromatic carbocycles. The Hall–Kier alpha value is -2.12. The van der Waals surface area contributed by atoms with Crippen LogP contribution in [0, 0.1) is 0 Å². The molecule has 1 unspecified atom stereocenters. The molecule has 2 aromatic rings. The number of rotatable bonds is 5. The SMILES string of the molecule is Cn1cccc1C1CCCN1CC(=O)Nc1sc2c(c1C(N)=O)CCCC2. The van der Waals surface area contributed by atoms with Crippen LogP contribution in [0.4, 0.5) is 5.00 Å². The van der Waals surface area contributed by atoms with Gasteiger partial charge in [-0.05, 0) is 62.8 Å². The highest BCUT2D eigenvalue weighted by atomic mass is 32.1. The molecule has 27 heavy (non-hydrogen) atoms. The van der Waals surface area contributed by atoms with Crippen molar-refractivity contribution < 1.29 is 9.59 Å². The minimum Gasteiger partial charge on any atom is -0.365 e. The summed E-state index contributed by atoms with van der Waals surface area (Å²) in [6, 6.07) is 4.43. The highest BCUT2D eigenvalue weighted by Gasteiger charge is 2.30. The Morgan fingerprint density at radius 2 is 2.11 bits per heavy atom. The number of nitrogens with zero attached hydrogens (tertiary/aromatic N) is 2. The third kappa shape index (κ3) is 3.53. The summed E-state index contributed by atoms with van der Waals surface area (Å²) in [6.07, 6.45) is 8.24. The summed E-state index contributed by atoms with van der Waals surface area (Å²) in [4.78, 5) is 28.2. The second kappa shape index (κ2) is 7.48. The lowest BCUT2D eigenvalue weighted by Gasteiger charge is -2.24. The quantitative estimate of drug-likeness (QED) is 0.829. The molecule has 0 saturated carbocycles. The van der Waals surface area contributed by atoms with Crippen molar-refractivity contribution >= 4 is 28.2 Å². The molecular formula is C20H26N4O2S. The summed E-state index contributed by atoms with van der Waals surface area (Å²) in [5.41, 5.74) is 8.45. The summed E-state index contributed by atoms with van der Waals surface area (Å²) in [5.74, 6) is -0.509. The first-order valence-corrected chi connectivity index (χ1v) is 10.5. The summed E-state index contributed by atoms with van der Waals surface area (Å²) in [5, 5.41) is 3.62. The van der Waals surface area contributed by atoms with Crippen molar-refractivity contribution in [1.82, 2.24) is 9.47 Å². The molecule has 6 nitrogen and oxygen atoms in total. The molecule has 144 valence electrons. The number of likely N-dealkylation sites (tertiary alicyclic amines) is 1. The lowest BCUT2D eigenvalue weighted by Crippen LogP contribution is -2.33. The van der Waals surface area contributed by atoms with E-state index in [-0.39, 0.29) is 11.9 Å². The number of carbonyl (C=O) groups is 2. The van der Waals surface area contributed by atoms with Crippen LogP contribution in [-0.4, -0.2) is 34.4 Å². The number of nitrogens with two attached hydrogens (primary N) is 1. The van der Waals surface area contributed by atoms with Gasteiger partial charge < -0.3 is 15.6 Å². The molecule has 0 spiro atoms. The van der Waals surface area contributed by atoms with Gasteiger partial charge in [-0.15, -0.1) is 11.3 Å². The van der Waals surface area contributed by atoms with Crippen molar-refractivity contribution in [3.8, 4) is 0 Å².